The highest BCUT2D eigenvalue weighted by Gasteiger charge is 2.09. The van der Waals surface area contributed by atoms with Crippen molar-refractivity contribution in [1.29, 1.82) is 0 Å². The lowest BCUT2D eigenvalue weighted by molar-refractivity contribution is 1.06. The molecule has 0 spiro atoms. The second-order valence-electron chi connectivity index (χ2n) is 6.75. The van der Waals surface area contributed by atoms with Crippen LogP contribution in [0.15, 0.2) is 54.6 Å². The Kier molecular flexibility index (Phi) is 4.85. The number of benzene rings is 3. The zero-order chi connectivity index (χ0) is 17.1. The molecule has 3 aromatic rings. The lowest BCUT2D eigenvalue weighted by Gasteiger charge is -2.14. The van der Waals surface area contributed by atoms with Gasteiger partial charge in [0.2, 0.25) is 0 Å². The van der Waals surface area contributed by atoms with Crippen LogP contribution in [0.4, 0.5) is 0 Å². The Balaban J connectivity index is 1.94. The number of aryl methyl sites for hydroxylation is 2. The van der Waals surface area contributed by atoms with Gasteiger partial charge in [-0.05, 0) is 91.1 Å². The fourth-order valence-corrected chi connectivity index (χ4v) is 3.24. The van der Waals surface area contributed by atoms with Crippen molar-refractivity contribution in [1.82, 2.24) is 0 Å². The monoisotopic (exact) mass is 313 g/mol. The SMILES string of the molecule is Cc1cccc(Cc2[c]cccc2Cc2cccc(C)c2C)c1C. The van der Waals surface area contributed by atoms with Crippen LogP contribution >= 0.6 is 0 Å². The van der Waals surface area contributed by atoms with Gasteiger partial charge < -0.3 is 0 Å². The molecule has 0 aromatic heterocycles. The van der Waals surface area contributed by atoms with E-state index in [-0.39, 0.29) is 0 Å². The van der Waals surface area contributed by atoms with E-state index in [0.29, 0.717) is 0 Å². The summed E-state index contributed by atoms with van der Waals surface area (Å²) in [5.74, 6) is 0. The van der Waals surface area contributed by atoms with Crippen LogP contribution in [0.5, 0.6) is 0 Å². The zero-order valence-corrected chi connectivity index (χ0v) is 15.1. The fourth-order valence-electron chi connectivity index (χ4n) is 3.24. The van der Waals surface area contributed by atoms with E-state index in [1.54, 1.807) is 0 Å². The lowest BCUT2D eigenvalue weighted by Crippen LogP contribution is -2.01. The topological polar surface area (TPSA) is 0 Å². The molecule has 0 bridgehead atoms. The zero-order valence-electron chi connectivity index (χ0n) is 15.1. The van der Waals surface area contributed by atoms with Crippen molar-refractivity contribution in [3.05, 3.63) is 105 Å². The minimum atomic E-state index is 0.953. The minimum absolute atomic E-state index is 0.953. The average molecular weight is 313 g/mol. The first kappa shape index (κ1) is 16.5. The largest absolute Gasteiger partial charge is 0.0617 e. The van der Waals surface area contributed by atoms with Crippen LogP contribution in [0.1, 0.15) is 44.5 Å². The second kappa shape index (κ2) is 7.05. The summed E-state index contributed by atoms with van der Waals surface area (Å²) in [4.78, 5) is 0. The first-order chi connectivity index (χ1) is 11.6. The Morgan fingerprint density at radius 2 is 1.17 bits per heavy atom. The normalized spacial score (nSPS) is 10.8. The van der Waals surface area contributed by atoms with Crippen molar-refractivity contribution in [3.8, 4) is 0 Å². The van der Waals surface area contributed by atoms with Gasteiger partial charge in [0.25, 0.3) is 0 Å². The second-order valence-corrected chi connectivity index (χ2v) is 6.75. The molecule has 0 unspecified atom stereocenters. The van der Waals surface area contributed by atoms with Crippen molar-refractivity contribution in [2.45, 2.75) is 40.5 Å². The van der Waals surface area contributed by atoms with Crippen LogP contribution < -0.4 is 0 Å². The molecule has 0 saturated carbocycles. The molecule has 121 valence electrons. The van der Waals surface area contributed by atoms with Gasteiger partial charge in [-0.15, -0.1) is 0 Å². The van der Waals surface area contributed by atoms with Crippen LogP contribution in [-0.2, 0) is 12.8 Å². The summed E-state index contributed by atoms with van der Waals surface area (Å²) < 4.78 is 0. The molecular weight excluding hydrogens is 288 g/mol. The molecule has 0 aliphatic rings. The van der Waals surface area contributed by atoms with E-state index in [1.807, 2.05) is 6.07 Å². The summed E-state index contributed by atoms with van der Waals surface area (Å²) in [6.45, 7) is 8.82. The molecule has 0 nitrogen and oxygen atoms in total. The maximum absolute atomic E-state index is 3.49. The summed E-state index contributed by atoms with van der Waals surface area (Å²) in [6.07, 6.45) is 1.93. The van der Waals surface area contributed by atoms with Crippen molar-refractivity contribution in [2.24, 2.45) is 0 Å². The quantitative estimate of drug-likeness (QED) is 0.562. The van der Waals surface area contributed by atoms with Crippen LogP contribution in [0.3, 0.4) is 0 Å². The van der Waals surface area contributed by atoms with E-state index in [2.05, 4.69) is 82.3 Å². The van der Waals surface area contributed by atoms with Gasteiger partial charge >= 0.3 is 0 Å². The standard InChI is InChI=1S/C24H25/c1-17-9-7-13-21(19(17)3)15-23-11-5-6-12-24(23)16-22-14-8-10-18(2)20(22)4/h5-11,13-14H,15-16H2,1-4H3. The highest BCUT2D eigenvalue weighted by molar-refractivity contribution is 5.42. The predicted molar refractivity (Wildman–Crippen MR) is 103 cm³/mol. The number of hydrogen-bond donors (Lipinski definition) is 0. The Hall–Kier alpha value is -2.34. The van der Waals surface area contributed by atoms with Gasteiger partial charge in [-0.3, -0.25) is 0 Å². The highest BCUT2D eigenvalue weighted by atomic mass is 14.1. The molecule has 0 aliphatic heterocycles. The molecule has 0 N–H and O–H groups in total. The number of hydrogen-bond acceptors (Lipinski definition) is 0. The van der Waals surface area contributed by atoms with Crippen molar-refractivity contribution in [2.75, 3.05) is 0 Å². The molecule has 0 saturated heterocycles. The maximum Gasteiger partial charge on any atom is -0.00140 e. The molecule has 0 fully saturated rings. The summed E-state index contributed by atoms with van der Waals surface area (Å²) in [5, 5.41) is 0. The molecular formula is C24H25. The summed E-state index contributed by atoms with van der Waals surface area (Å²) in [5.41, 5.74) is 11.0. The van der Waals surface area contributed by atoms with Crippen molar-refractivity contribution < 1.29 is 0 Å². The Morgan fingerprint density at radius 3 is 1.79 bits per heavy atom. The Morgan fingerprint density at radius 1 is 0.625 bits per heavy atom. The van der Waals surface area contributed by atoms with Gasteiger partial charge in [0.05, 0.1) is 0 Å². The van der Waals surface area contributed by atoms with Crippen LogP contribution in [0.2, 0.25) is 0 Å². The predicted octanol–water partition coefficient (Wildman–Crippen LogP) is 5.90. The molecule has 0 heterocycles. The van der Waals surface area contributed by atoms with Gasteiger partial charge in [-0.1, -0.05) is 54.6 Å². The smallest absolute Gasteiger partial charge is 0.00140 e. The lowest BCUT2D eigenvalue weighted by atomic mass is 9.91. The molecule has 3 rings (SSSR count). The molecule has 1 radical (unpaired) electrons. The molecule has 24 heavy (non-hydrogen) atoms. The molecule has 0 atom stereocenters. The third-order valence-electron chi connectivity index (χ3n) is 5.22. The number of rotatable bonds is 4. The van der Waals surface area contributed by atoms with Gasteiger partial charge in [0.15, 0.2) is 0 Å². The summed E-state index contributed by atoms with van der Waals surface area (Å²) in [7, 11) is 0. The summed E-state index contributed by atoms with van der Waals surface area (Å²) >= 11 is 0. The average Bonchev–Trinajstić information content (AvgIpc) is 2.58. The fraction of sp³-hybridized carbons (Fsp3) is 0.250. The third-order valence-corrected chi connectivity index (χ3v) is 5.22. The van der Waals surface area contributed by atoms with Gasteiger partial charge in [0, 0.05) is 0 Å². The van der Waals surface area contributed by atoms with Crippen molar-refractivity contribution in [3.63, 3.8) is 0 Å². The maximum atomic E-state index is 3.49. The molecule has 0 amide bonds. The van der Waals surface area contributed by atoms with E-state index >= 15 is 0 Å². The van der Waals surface area contributed by atoms with E-state index in [1.165, 1.54) is 44.5 Å². The van der Waals surface area contributed by atoms with E-state index in [4.69, 9.17) is 0 Å². The van der Waals surface area contributed by atoms with Crippen LogP contribution in [0, 0.1) is 33.8 Å². The minimum Gasteiger partial charge on any atom is -0.0617 e. The summed E-state index contributed by atoms with van der Waals surface area (Å²) in [6, 6.07) is 23.1. The van der Waals surface area contributed by atoms with Gasteiger partial charge in [-0.25, -0.2) is 0 Å². The first-order valence-electron chi connectivity index (χ1n) is 8.65. The Labute approximate surface area is 146 Å². The van der Waals surface area contributed by atoms with Crippen molar-refractivity contribution >= 4 is 0 Å². The Bertz CT molecular complexity index is 783. The van der Waals surface area contributed by atoms with Crippen LogP contribution in [-0.4, -0.2) is 0 Å². The van der Waals surface area contributed by atoms with Crippen LogP contribution in [0.25, 0.3) is 0 Å². The van der Waals surface area contributed by atoms with E-state index in [9.17, 15) is 0 Å². The first-order valence-corrected chi connectivity index (χ1v) is 8.65. The molecule has 0 aliphatic carbocycles. The van der Waals surface area contributed by atoms with Gasteiger partial charge in [-0.2, -0.15) is 0 Å². The third kappa shape index (κ3) is 3.43. The van der Waals surface area contributed by atoms with Gasteiger partial charge in [0.1, 0.15) is 0 Å². The molecule has 0 heteroatoms. The van der Waals surface area contributed by atoms with E-state index < -0.39 is 0 Å². The molecule has 3 aromatic carbocycles. The van der Waals surface area contributed by atoms with E-state index in [0.717, 1.165) is 12.8 Å². The highest BCUT2D eigenvalue weighted by Crippen LogP contribution is 2.23.